The van der Waals surface area contributed by atoms with Crippen LogP contribution in [0.1, 0.15) is 164 Å². The molecule has 59 heavy (non-hydrogen) atoms. The molecular weight excluding hydrogens is 742 g/mol. The minimum Gasteiger partial charge on any atom is -0.481 e. The number of halogens is 1. The Bertz CT molecular complexity index is 2000. The van der Waals surface area contributed by atoms with E-state index in [4.69, 9.17) is 9.72 Å². The van der Waals surface area contributed by atoms with Crippen molar-refractivity contribution in [2.24, 2.45) is 67.5 Å². The number of rotatable bonds is 8. The highest BCUT2D eigenvalue weighted by atomic mass is 19.1. The zero-order chi connectivity index (χ0) is 42.1. The summed E-state index contributed by atoms with van der Waals surface area (Å²) < 4.78 is 20.0. The van der Waals surface area contributed by atoms with Crippen LogP contribution in [-0.2, 0) is 19.1 Å². The Balaban J connectivity index is 0.988. The molecule has 1 aromatic heterocycles. The Morgan fingerprint density at radius 3 is 2.27 bits per heavy atom. The molecule has 2 N–H and O–H groups in total. The predicted molar refractivity (Wildman–Crippen MR) is 225 cm³/mol. The van der Waals surface area contributed by atoms with Gasteiger partial charge in [-0.3, -0.25) is 14.4 Å². The van der Waals surface area contributed by atoms with Crippen LogP contribution in [0.25, 0.3) is 11.3 Å². The van der Waals surface area contributed by atoms with Crippen LogP contribution in [0.15, 0.2) is 30.5 Å². The number of amides is 1. The molecule has 2 aromatic rings. The summed E-state index contributed by atoms with van der Waals surface area (Å²) in [5.74, 6) is 2.02. The lowest BCUT2D eigenvalue weighted by molar-refractivity contribution is -0.251. The lowest BCUT2D eigenvalue weighted by Gasteiger charge is -2.73. The number of aromatic amines is 1. The van der Waals surface area contributed by atoms with E-state index < -0.39 is 17.4 Å². The third-order valence-corrected chi connectivity index (χ3v) is 19.8. The van der Waals surface area contributed by atoms with E-state index in [9.17, 15) is 19.1 Å². The Morgan fingerprint density at radius 2 is 1.58 bits per heavy atom. The molecular formula is C50H70FN3O5. The van der Waals surface area contributed by atoms with Crippen LogP contribution in [0.3, 0.4) is 0 Å². The van der Waals surface area contributed by atoms with Crippen LogP contribution < -0.4 is 0 Å². The van der Waals surface area contributed by atoms with Crippen LogP contribution >= 0.6 is 0 Å². The molecule has 7 aliphatic rings. The molecule has 6 aliphatic carbocycles. The summed E-state index contributed by atoms with van der Waals surface area (Å²) in [5.41, 5.74) is 0.741. The topological polar surface area (TPSA) is 113 Å². The number of esters is 1. The van der Waals surface area contributed by atoms with Crippen LogP contribution in [-0.4, -0.2) is 50.5 Å². The highest BCUT2D eigenvalue weighted by molar-refractivity contribution is 5.85. The van der Waals surface area contributed by atoms with Crippen molar-refractivity contribution in [3.05, 3.63) is 42.1 Å². The molecule has 11 atom stereocenters. The molecule has 0 radical (unpaired) electrons. The standard InChI is InChI=1S/C50H70FN3O5/c1-44(2,43(57)58)28-39(55)59-38-19-20-47(6)36(45(38,3)4)18-21-49(8)37(47)16-15-33-40-32(46(5)23-24-46)17-22-50(40,26-25-48(33,49)7)42(56)54-27-9-10-35(54)41-52-29-34(53-41)30-11-13-31(51)14-12-30/h11-14,29,32-33,35-38,40H,9-10,15-28H2,1-8H3,(H,52,53)(H,57,58)/t32-,33-,35?,36?,37?,38+,40-,47+,48-,49-,50+/m1/s1. The van der Waals surface area contributed by atoms with Crippen molar-refractivity contribution in [1.82, 2.24) is 14.9 Å². The van der Waals surface area contributed by atoms with E-state index in [1.54, 1.807) is 26.0 Å². The van der Waals surface area contributed by atoms with Crippen LogP contribution in [0.2, 0.25) is 0 Å². The number of imidazole rings is 1. The summed E-state index contributed by atoms with van der Waals surface area (Å²) in [6.45, 7) is 19.0. The number of hydrogen-bond donors (Lipinski definition) is 2. The van der Waals surface area contributed by atoms with E-state index in [-0.39, 0.29) is 51.5 Å². The first-order chi connectivity index (χ1) is 27.7. The third-order valence-electron chi connectivity index (χ3n) is 19.8. The van der Waals surface area contributed by atoms with Crippen molar-refractivity contribution in [1.29, 1.82) is 0 Å². The molecule has 3 unspecified atom stereocenters. The number of H-pyrrole nitrogens is 1. The van der Waals surface area contributed by atoms with Gasteiger partial charge in [0.15, 0.2) is 0 Å². The first kappa shape index (κ1) is 41.1. The normalized spacial score (nSPS) is 40.6. The Labute approximate surface area is 351 Å². The maximum atomic E-state index is 15.6. The number of fused-ring (bicyclic) bond motifs is 7. The van der Waals surface area contributed by atoms with Gasteiger partial charge in [-0.25, -0.2) is 9.37 Å². The van der Waals surface area contributed by atoms with Crippen LogP contribution in [0, 0.1) is 73.3 Å². The predicted octanol–water partition coefficient (Wildman–Crippen LogP) is 11.2. The smallest absolute Gasteiger partial charge is 0.309 e. The van der Waals surface area contributed by atoms with Gasteiger partial charge in [-0.05, 0) is 185 Å². The first-order valence-electron chi connectivity index (χ1n) is 23.3. The van der Waals surface area contributed by atoms with Crippen molar-refractivity contribution in [3.8, 4) is 11.3 Å². The molecule has 9 heteroatoms. The monoisotopic (exact) mass is 812 g/mol. The Kier molecular flexibility index (Phi) is 9.51. The van der Waals surface area contributed by atoms with Gasteiger partial charge in [0.05, 0.1) is 35.2 Å². The number of benzene rings is 1. The highest BCUT2D eigenvalue weighted by Gasteiger charge is 2.74. The summed E-state index contributed by atoms with van der Waals surface area (Å²) in [6, 6.07) is 6.45. The molecule has 7 fully saturated rings. The number of ether oxygens (including phenoxy) is 1. The number of carboxylic acid groups (broad SMARTS) is 1. The molecule has 2 heterocycles. The van der Waals surface area contributed by atoms with E-state index in [2.05, 4.69) is 51.4 Å². The summed E-state index contributed by atoms with van der Waals surface area (Å²) in [6.07, 6.45) is 16.6. The van der Waals surface area contributed by atoms with Crippen molar-refractivity contribution in [2.45, 2.75) is 164 Å². The molecule has 1 aliphatic heterocycles. The second-order valence-electron chi connectivity index (χ2n) is 23.2. The van der Waals surface area contributed by atoms with E-state index in [1.807, 2.05) is 6.20 Å². The number of carbonyl (C=O) groups excluding carboxylic acids is 2. The van der Waals surface area contributed by atoms with Crippen LogP contribution in [0.4, 0.5) is 4.39 Å². The minimum atomic E-state index is -1.16. The number of aromatic nitrogens is 2. The molecule has 8 nitrogen and oxygen atoms in total. The van der Waals surface area contributed by atoms with E-state index in [0.29, 0.717) is 40.9 Å². The van der Waals surface area contributed by atoms with Crippen molar-refractivity contribution >= 4 is 17.8 Å². The second kappa shape index (κ2) is 13.6. The molecule has 1 amide bonds. The average molecular weight is 812 g/mol. The molecule has 6 saturated carbocycles. The molecule has 1 saturated heterocycles. The van der Waals surface area contributed by atoms with Gasteiger partial charge in [0.1, 0.15) is 17.7 Å². The molecule has 322 valence electrons. The number of hydrogen-bond acceptors (Lipinski definition) is 5. The Hall–Kier alpha value is -3.23. The van der Waals surface area contributed by atoms with Crippen molar-refractivity contribution < 1.29 is 28.6 Å². The number of carbonyl (C=O) groups is 3. The van der Waals surface area contributed by atoms with E-state index >= 15 is 4.79 Å². The molecule has 9 rings (SSSR count). The number of nitrogens with one attached hydrogen (secondary N) is 1. The zero-order valence-corrected chi connectivity index (χ0v) is 37.1. The maximum absolute atomic E-state index is 15.6. The Morgan fingerprint density at radius 1 is 0.847 bits per heavy atom. The SMILES string of the molecule is CC(C)(CC(=O)O[C@H]1CC[C@@]2(C)C(CC[C@]3(C)C2CC[C@@H]2[C@H]4[C@H](C5(C)CC5)CC[C@]4(C(=O)N4CCCC4c4ncc(-c5ccc(F)cc5)[nH]4)CC[C@]23C)C1(C)C)C(=O)O. The summed E-state index contributed by atoms with van der Waals surface area (Å²) in [5, 5.41) is 9.68. The fourth-order valence-corrected chi connectivity index (χ4v) is 16.0. The number of nitrogens with zero attached hydrogens (tertiary/aromatic N) is 2. The van der Waals surface area contributed by atoms with Gasteiger partial charge in [0.25, 0.3) is 0 Å². The molecule has 0 spiro atoms. The molecule has 1 aromatic carbocycles. The fourth-order valence-electron chi connectivity index (χ4n) is 16.0. The summed E-state index contributed by atoms with van der Waals surface area (Å²) in [7, 11) is 0. The maximum Gasteiger partial charge on any atom is 0.309 e. The largest absolute Gasteiger partial charge is 0.481 e. The van der Waals surface area contributed by atoms with Crippen molar-refractivity contribution in [2.75, 3.05) is 6.54 Å². The zero-order valence-electron chi connectivity index (χ0n) is 37.1. The molecule has 0 bridgehead atoms. The average Bonchev–Trinajstić information content (AvgIpc) is 3.56. The highest BCUT2D eigenvalue weighted by Crippen LogP contribution is 2.79. The number of carboxylic acids is 1. The third kappa shape index (κ3) is 6.05. The first-order valence-corrected chi connectivity index (χ1v) is 23.3. The summed E-state index contributed by atoms with van der Waals surface area (Å²) in [4.78, 5) is 51.3. The summed E-state index contributed by atoms with van der Waals surface area (Å²) >= 11 is 0. The minimum absolute atomic E-state index is 0.0690. The second-order valence-corrected chi connectivity index (χ2v) is 23.2. The number of likely N-dealkylation sites (tertiary alicyclic amines) is 1. The van der Waals surface area contributed by atoms with Gasteiger partial charge in [0, 0.05) is 12.0 Å². The quantitative estimate of drug-likeness (QED) is 0.257. The lowest BCUT2D eigenvalue weighted by atomic mass is 9.32. The van der Waals surface area contributed by atoms with Crippen molar-refractivity contribution in [3.63, 3.8) is 0 Å². The van der Waals surface area contributed by atoms with Gasteiger partial charge < -0.3 is 19.7 Å². The van der Waals surface area contributed by atoms with E-state index in [0.717, 1.165) is 87.8 Å². The lowest BCUT2D eigenvalue weighted by Crippen LogP contribution is -2.67. The van der Waals surface area contributed by atoms with E-state index in [1.165, 1.54) is 37.8 Å². The number of aliphatic carboxylic acids is 1. The fraction of sp³-hybridized carbons (Fsp3) is 0.760. The van der Waals surface area contributed by atoms with Gasteiger partial charge >= 0.3 is 11.9 Å². The van der Waals surface area contributed by atoms with Crippen LogP contribution in [0.5, 0.6) is 0 Å². The van der Waals surface area contributed by atoms with Gasteiger partial charge in [-0.2, -0.15) is 0 Å². The van der Waals surface area contributed by atoms with Gasteiger partial charge in [-0.1, -0.05) is 41.5 Å². The van der Waals surface area contributed by atoms with Gasteiger partial charge in [0.2, 0.25) is 5.91 Å². The van der Waals surface area contributed by atoms with Gasteiger partial charge in [-0.15, -0.1) is 0 Å².